The SMILES string of the molecule is C[C@@H]1C[C@H](O)O[C@H](CO)[C@@H]1O. The summed E-state index contributed by atoms with van der Waals surface area (Å²) < 4.78 is 4.87. The van der Waals surface area contributed by atoms with Crippen molar-refractivity contribution in [3.8, 4) is 0 Å². The maximum atomic E-state index is 9.36. The summed E-state index contributed by atoms with van der Waals surface area (Å²) in [6.45, 7) is 1.57. The molecule has 1 rings (SSSR count). The third kappa shape index (κ3) is 1.90. The van der Waals surface area contributed by atoms with Crippen LogP contribution in [-0.2, 0) is 4.74 Å². The summed E-state index contributed by atoms with van der Waals surface area (Å²) in [5.41, 5.74) is 0. The van der Waals surface area contributed by atoms with Crippen LogP contribution in [0.2, 0.25) is 0 Å². The lowest BCUT2D eigenvalue weighted by Crippen LogP contribution is -2.45. The number of aliphatic hydroxyl groups is 3. The lowest BCUT2D eigenvalue weighted by molar-refractivity contribution is -0.224. The van der Waals surface area contributed by atoms with E-state index in [9.17, 15) is 5.11 Å². The van der Waals surface area contributed by atoms with Crippen molar-refractivity contribution in [3.05, 3.63) is 0 Å². The molecule has 1 heterocycles. The summed E-state index contributed by atoms with van der Waals surface area (Å²) in [5.74, 6) is -0.0177. The fourth-order valence-electron chi connectivity index (χ4n) is 1.31. The van der Waals surface area contributed by atoms with Crippen molar-refractivity contribution in [2.75, 3.05) is 6.61 Å². The zero-order chi connectivity index (χ0) is 8.43. The van der Waals surface area contributed by atoms with Crippen molar-refractivity contribution in [1.82, 2.24) is 0 Å². The number of rotatable bonds is 1. The molecule has 66 valence electrons. The van der Waals surface area contributed by atoms with E-state index in [-0.39, 0.29) is 12.5 Å². The molecule has 11 heavy (non-hydrogen) atoms. The summed E-state index contributed by atoms with van der Waals surface area (Å²) >= 11 is 0. The molecule has 4 atom stereocenters. The van der Waals surface area contributed by atoms with Crippen LogP contribution in [0.3, 0.4) is 0 Å². The van der Waals surface area contributed by atoms with Crippen molar-refractivity contribution in [2.24, 2.45) is 5.92 Å². The zero-order valence-corrected chi connectivity index (χ0v) is 6.47. The van der Waals surface area contributed by atoms with Crippen LogP contribution in [-0.4, -0.2) is 40.4 Å². The Balaban J connectivity index is 2.51. The van der Waals surface area contributed by atoms with E-state index in [0.29, 0.717) is 6.42 Å². The summed E-state index contributed by atoms with van der Waals surface area (Å²) in [5, 5.41) is 27.1. The van der Waals surface area contributed by atoms with E-state index in [1.54, 1.807) is 0 Å². The van der Waals surface area contributed by atoms with E-state index >= 15 is 0 Å². The highest BCUT2D eigenvalue weighted by atomic mass is 16.6. The largest absolute Gasteiger partial charge is 0.394 e. The lowest BCUT2D eigenvalue weighted by Gasteiger charge is -2.34. The molecule has 0 bridgehead atoms. The molecule has 0 aromatic heterocycles. The Labute approximate surface area is 65.4 Å². The Morgan fingerprint density at radius 1 is 1.45 bits per heavy atom. The highest BCUT2D eigenvalue weighted by Gasteiger charge is 2.33. The second-order valence-electron chi connectivity index (χ2n) is 3.02. The van der Waals surface area contributed by atoms with E-state index < -0.39 is 18.5 Å². The molecule has 0 aromatic rings. The van der Waals surface area contributed by atoms with Gasteiger partial charge in [-0.1, -0.05) is 6.92 Å². The maximum absolute atomic E-state index is 9.36. The Morgan fingerprint density at radius 2 is 2.09 bits per heavy atom. The Hall–Kier alpha value is -0.160. The van der Waals surface area contributed by atoms with Gasteiger partial charge in [0.25, 0.3) is 0 Å². The molecule has 0 amide bonds. The van der Waals surface area contributed by atoms with Gasteiger partial charge in [0.2, 0.25) is 0 Å². The minimum absolute atomic E-state index is 0.0177. The Kier molecular flexibility index (Phi) is 2.84. The van der Waals surface area contributed by atoms with E-state index in [1.165, 1.54) is 0 Å². The fourth-order valence-corrected chi connectivity index (χ4v) is 1.31. The molecule has 0 aromatic carbocycles. The molecule has 4 heteroatoms. The minimum Gasteiger partial charge on any atom is -0.394 e. The molecule has 3 N–H and O–H groups in total. The van der Waals surface area contributed by atoms with Crippen molar-refractivity contribution in [2.45, 2.75) is 31.8 Å². The highest BCUT2D eigenvalue weighted by molar-refractivity contribution is 4.79. The van der Waals surface area contributed by atoms with Crippen LogP contribution in [0.15, 0.2) is 0 Å². The number of ether oxygens (including phenoxy) is 1. The van der Waals surface area contributed by atoms with Crippen LogP contribution in [0, 0.1) is 5.92 Å². The van der Waals surface area contributed by atoms with Gasteiger partial charge in [-0.15, -0.1) is 0 Å². The van der Waals surface area contributed by atoms with Gasteiger partial charge in [-0.05, 0) is 5.92 Å². The van der Waals surface area contributed by atoms with Gasteiger partial charge in [0, 0.05) is 6.42 Å². The van der Waals surface area contributed by atoms with E-state index in [2.05, 4.69) is 0 Å². The monoisotopic (exact) mass is 162 g/mol. The van der Waals surface area contributed by atoms with Gasteiger partial charge in [-0.2, -0.15) is 0 Å². The van der Waals surface area contributed by atoms with Crippen LogP contribution in [0.4, 0.5) is 0 Å². The molecule has 4 nitrogen and oxygen atoms in total. The summed E-state index contributed by atoms with van der Waals surface area (Å²) in [6.07, 6.45) is -1.71. The molecule has 0 spiro atoms. The minimum atomic E-state index is -0.842. The molecule has 1 aliphatic heterocycles. The Bertz CT molecular complexity index is 128. The highest BCUT2D eigenvalue weighted by Crippen LogP contribution is 2.23. The van der Waals surface area contributed by atoms with E-state index in [0.717, 1.165) is 0 Å². The third-order valence-corrected chi connectivity index (χ3v) is 2.05. The van der Waals surface area contributed by atoms with Crippen LogP contribution in [0.5, 0.6) is 0 Å². The first-order valence-corrected chi connectivity index (χ1v) is 3.77. The molecule has 1 fully saturated rings. The fraction of sp³-hybridized carbons (Fsp3) is 1.00. The molecule has 1 aliphatic rings. The summed E-state index contributed by atoms with van der Waals surface area (Å²) in [6, 6.07) is 0. The maximum Gasteiger partial charge on any atom is 0.155 e. The molecular formula is C7H14O4. The smallest absolute Gasteiger partial charge is 0.155 e. The standard InChI is InChI=1S/C7H14O4/c1-4-2-6(9)11-5(3-8)7(4)10/h4-10H,2-3H2,1H3/t4-,5-,6-,7-/m1/s1. The number of hydrogen-bond donors (Lipinski definition) is 3. The zero-order valence-electron chi connectivity index (χ0n) is 6.47. The number of hydrogen-bond acceptors (Lipinski definition) is 4. The molecule has 0 unspecified atom stereocenters. The quantitative estimate of drug-likeness (QED) is 0.466. The van der Waals surface area contributed by atoms with Gasteiger partial charge in [0.15, 0.2) is 6.29 Å². The summed E-state index contributed by atoms with van der Waals surface area (Å²) in [4.78, 5) is 0. The Morgan fingerprint density at radius 3 is 2.64 bits per heavy atom. The predicted molar refractivity (Wildman–Crippen MR) is 37.8 cm³/mol. The van der Waals surface area contributed by atoms with Crippen molar-refractivity contribution in [3.63, 3.8) is 0 Å². The second kappa shape index (κ2) is 3.49. The van der Waals surface area contributed by atoms with Crippen LogP contribution >= 0.6 is 0 Å². The third-order valence-electron chi connectivity index (χ3n) is 2.05. The summed E-state index contributed by atoms with van der Waals surface area (Å²) in [7, 11) is 0. The molecule has 0 radical (unpaired) electrons. The van der Waals surface area contributed by atoms with Crippen molar-refractivity contribution in [1.29, 1.82) is 0 Å². The van der Waals surface area contributed by atoms with Crippen LogP contribution < -0.4 is 0 Å². The first-order valence-electron chi connectivity index (χ1n) is 3.77. The first kappa shape index (κ1) is 8.93. The van der Waals surface area contributed by atoms with Crippen LogP contribution in [0.1, 0.15) is 13.3 Å². The van der Waals surface area contributed by atoms with Gasteiger partial charge in [0.05, 0.1) is 12.7 Å². The van der Waals surface area contributed by atoms with Crippen molar-refractivity contribution < 1.29 is 20.1 Å². The first-order chi connectivity index (χ1) is 5.15. The van der Waals surface area contributed by atoms with Crippen LogP contribution in [0.25, 0.3) is 0 Å². The van der Waals surface area contributed by atoms with Gasteiger partial charge in [-0.25, -0.2) is 0 Å². The molecular weight excluding hydrogens is 148 g/mol. The van der Waals surface area contributed by atoms with Crippen molar-refractivity contribution >= 4 is 0 Å². The van der Waals surface area contributed by atoms with E-state index in [1.807, 2.05) is 6.92 Å². The topological polar surface area (TPSA) is 69.9 Å². The molecule has 0 saturated carbocycles. The van der Waals surface area contributed by atoms with Gasteiger partial charge >= 0.3 is 0 Å². The van der Waals surface area contributed by atoms with E-state index in [4.69, 9.17) is 14.9 Å². The number of aliphatic hydroxyl groups excluding tert-OH is 3. The molecule has 1 saturated heterocycles. The average molecular weight is 162 g/mol. The molecule has 0 aliphatic carbocycles. The van der Waals surface area contributed by atoms with Gasteiger partial charge in [-0.3, -0.25) is 0 Å². The predicted octanol–water partition coefficient (Wildman–Crippen LogP) is -0.917. The average Bonchev–Trinajstić information content (AvgIpc) is 1.96. The lowest BCUT2D eigenvalue weighted by atomic mass is 9.94. The van der Waals surface area contributed by atoms with Gasteiger partial charge in [0.1, 0.15) is 6.10 Å². The second-order valence-corrected chi connectivity index (χ2v) is 3.02. The van der Waals surface area contributed by atoms with Gasteiger partial charge < -0.3 is 20.1 Å². The normalized spacial score (nSPS) is 45.8.